The number of nitrogens with two attached hydrogens (primary N) is 1. The number of ether oxygens (including phenoxy) is 1. The van der Waals surface area contributed by atoms with Gasteiger partial charge in [0.05, 0.1) is 11.5 Å². The predicted octanol–water partition coefficient (Wildman–Crippen LogP) is 0.953. The van der Waals surface area contributed by atoms with Gasteiger partial charge >= 0.3 is 0 Å². The molecule has 0 unspecified atom stereocenters. The van der Waals surface area contributed by atoms with Crippen LogP contribution in [0.25, 0.3) is 0 Å². The van der Waals surface area contributed by atoms with Gasteiger partial charge in [-0.2, -0.15) is 0 Å². The summed E-state index contributed by atoms with van der Waals surface area (Å²) in [6.45, 7) is 1.59. The Balaban J connectivity index is 3.37. The second-order valence-corrected chi connectivity index (χ2v) is 5.22. The Bertz CT molecular complexity index is 646. The second-order valence-electron chi connectivity index (χ2n) is 3.69. The summed E-state index contributed by atoms with van der Waals surface area (Å²) >= 11 is 0. The van der Waals surface area contributed by atoms with E-state index < -0.39 is 19.8 Å². The lowest BCUT2D eigenvalue weighted by atomic mass is 10.2. The van der Waals surface area contributed by atoms with E-state index in [1.54, 1.807) is 0 Å². The summed E-state index contributed by atoms with van der Waals surface area (Å²) in [7, 11) is -4.13. The molecule has 19 heavy (non-hydrogen) atoms. The summed E-state index contributed by atoms with van der Waals surface area (Å²) in [4.78, 5) is 9.58. The molecule has 0 aliphatic heterocycles. The van der Waals surface area contributed by atoms with Gasteiger partial charge in [-0.05, 0) is 12.5 Å². The molecule has 0 spiro atoms. The number of hydrogen-bond donors (Lipinski definition) is 1. The maximum absolute atomic E-state index is 11.4. The minimum atomic E-state index is -4.13. The summed E-state index contributed by atoms with van der Waals surface area (Å²) in [5.41, 5.74) is -0.0685. The van der Waals surface area contributed by atoms with E-state index in [9.17, 15) is 18.5 Å². The Morgan fingerprint density at radius 3 is 2.63 bits per heavy atom. The second kappa shape index (κ2) is 5.69. The van der Waals surface area contributed by atoms with E-state index in [0.717, 1.165) is 6.07 Å². The van der Waals surface area contributed by atoms with Crippen molar-refractivity contribution in [2.75, 3.05) is 6.61 Å². The third kappa shape index (κ3) is 3.67. The van der Waals surface area contributed by atoms with Gasteiger partial charge in [0.15, 0.2) is 0 Å². The molecule has 0 atom stereocenters. The highest BCUT2D eigenvalue weighted by molar-refractivity contribution is 7.89. The molecule has 0 fully saturated rings. The first-order valence-electron chi connectivity index (χ1n) is 5.15. The molecule has 0 aromatic heterocycles. The SMILES string of the molecule is C#CCCOc1c(C)cc([N+](=O)[O-])cc1S(N)(=O)=O. The number of nitro groups is 1. The molecule has 2 N–H and O–H groups in total. The molecule has 0 radical (unpaired) electrons. The topological polar surface area (TPSA) is 113 Å². The summed E-state index contributed by atoms with van der Waals surface area (Å²) in [6, 6.07) is 2.08. The Hall–Kier alpha value is -2.11. The van der Waals surface area contributed by atoms with E-state index in [1.807, 2.05) is 0 Å². The molecule has 7 nitrogen and oxygen atoms in total. The van der Waals surface area contributed by atoms with Crippen LogP contribution in [0.3, 0.4) is 0 Å². The van der Waals surface area contributed by atoms with Gasteiger partial charge in [-0.1, -0.05) is 0 Å². The van der Waals surface area contributed by atoms with Crippen molar-refractivity contribution in [2.45, 2.75) is 18.2 Å². The molecule has 0 amide bonds. The number of aryl methyl sites for hydroxylation is 1. The van der Waals surface area contributed by atoms with Crippen molar-refractivity contribution >= 4 is 15.7 Å². The lowest BCUT2D eigenvalue weighted by molar-refractivity contribution is -0.385. The molecule has 0 bridgehead atoms. The van der Waals surface area contributed by atoms with Gasteiger partial charge in [-0.3, -0.25) is 10.1 Å². The molecule has 0 heterocycles. The minimum absolute atomic E-state index is 0.0108. The average molecular weight is 284 g/mol. The van der Waals surface area contributed by atoms with Gasteiger partial charge in [0, 0.05) is 18.6 Å². The van der Waals surface area contributed by atoms with Gasteiger partial charge in [0.1, 0.15) is 10.6 Å². The number of terminal acetylenes is 1. The van der Waals surface area contributed by atoms with Crippen molar-refractivity contribution < 1.29 is 18.1 Å². The smallest absolute Gasteiger partial charge is 0.271 e. The quantitative estimate of drug-likeness (QED) is 0.374. The van der Waals surface area contributed by atoms with Crippen LogP contribution in [-0.2, 0) is 10.0 Å². The number of nitro benzene ring substituents is 1. The number of nitrogens with zero attached hydrogens (tertiary/aromatic N) is 1. The van der Waals surface area contributed by atoms with Crippen LogP contribution in [0.2, 0.25) is 0 Å². The lowest BCUT2D eigenvalue weighted by Crippen LogP contribution is -2.15. The van der Waals surface area contributed by atoms with Crippen LogP contribution in [0, 0.1) is 29.4 Å². The van der Waals surface area contributed by atoms with E-state index in [-0.39, 0.29) is 24.5 Å². The minimum Gasteiger partial charge on any atom is -0.491 e. The van der Waals surface area contributed by atoms with Crippen molar-refractivity contribution in [1.29, 1.82) is 0 Å². The summed E-state index contributed by atoms with van der Waals surface area (Å²) in [5.74, 6) is 2.32. The largest absolute Gasteiger partial charge is 0.491 e. The monoisotopic (exact) mass is 284 g/mol. The van der Waals surface area contributed by atoms with Crippen molar-refractivity contribution in [2.24, 2.45) is 5.14 Å². The molecule has 1 aromatic rings. The van der Waals surface area contributed by atoms with Gasteiger partial charge < -0.3 is 4.74 Å². The third-order valence-electron chi connectivity index (χ3n) is 2.24. The zero-order valence-corrected chi connectivity index (χ0v) is 10.9. The Labute approximate surface area is 110 Å². The Kier molecular flexibility index (Phi) is 4.47. The molecule has 1 rings (SSSR count). The first kappa shape index (κ1) is 14.9. The van der Waals surface area contributed by atoms with Gasteiger partial charge in [-0.15, -0.1) is 12.3 Å². The van der Waals surface area contributed by atoms with Crippen molar-refractivity contribution in [1.82, 2.24) is 0 Å². The molecule has 0 aliphatic carbocycles. The van der Waals surface area contributed by atoms with Crippen LogP contribution in [0.15, 0.2) is 17.0 Å². The van der Waals surface area contributed by atoms with Crippen molar-refractivity contribution in [3.8, 4) is 18.1 Å². The predicted molar refractivity (Wildman–Crippen MR) is 68.2 cm³/mol. The van der Waals surface area contributed by atoms with Crippen molar-refractivity contribution in [3.63, 3.8) is 0 Å². The first-order valence-corrected chi connectivity index (χ1v) is 6.70. The summed E-state index contributed by atoms with van der Waals surface area (Å²) < 4.78 is 28.1. The van der Waals surface area contributed by atoms with Crippen LogP contribution in [0.4, 0.5) is 5.69 Å². The molecular weight excluding hydrogens is 272 g/mol. The van der Waals surface area contributed by atoms with Gasteiger partial charge in [-0.25, -0.2) is 13.6 Å². The zero-order chi connectivity index (χ0) is 14.6. The van der Waals surface area contributed by atoms with E-state index in [0.29, 0.717) is 5.56 Å². The number of sulfonamides is 1. The number of hydrogen-bond acceptors (Lipinski definition) is 5. The fourth-order valence-electron chi connectivity index (χ4n) is 1.44. The third-order valence-corrected chi connectivity index (χ3v) is 3.15. The van der Waals surface area contributed by atoms with Crippen LogP contribution >= 0.6 is 0 Å². The van der Waals surface area contributed by atoms with E-state index in [2.05, 4.69) is 5.92 Å². The molecule has 0 aliphatic rings. The Morgan fingerprint density at radius 2 is 2.16 bits per heavy atom. The normalized spacial score (nSPS) is 10.8. The number of primary sulfonamides is 1. The standard InChI is InChI=1S/C11H12N2O5S/c1-3-4-5-18-11-8(2)6-9(13(14)15)7-10(11)19(12,16)17/h1,6-7H,4-5H2,2H3,(H2,12,16,17). The zero-order valence-electron chi connectivity index (χ0n) is 10.1. The molecule has 102 valence electrons. The molecule has 0 saturated carbocycles. The molecule has 8 heteroatoms. The molecule has 0 saturated heterocycles. The highest BCUT2D eigenvalue weighted by atomic mass is 32.2. The number of non-ortho nitro benzene ring substituents is 1. The van der Waals surface area contributed by atoms with Crippen LogP contribution in [-0.4, -0.2) is 19.9 Å². The Morgan fingerprint density at radius 1 is 1.53 bits per heavy atom. The van der Waals surface area contributed by atoms with Crippen LogP contribution < -0.4 is 9.88 Å². The van der Waals surface area contributed by atoms with E-state index >= 15 is 0 Å². The molecule has 1 aromatic carbocycles. The first-order chi connectivity index (χ1) is 8.77. The van der Waals surface area contributed by atoms with E-state index in [4.69, 9.17) is 16.3 Å². The van der Waals surface area contributed by atoms with Gasteiger partial charge in [0.25, 0.3) is 5.69 Å². The highest BCUT2D eigenvalue weighted by Crippen LogP contribution is 2.31. The van der Waals surface area contributed by atoms with Crippen molar-refractivity contribution in [3.05, 3.63) is 27.8 Å². The lowest BCUT2D eigenvalue weighted by Gasteiger charge is -2.12. The molecular formula is C11H12N2O5S. The maximum atomic E-state index is 11.4. The average Bonchev–Trinajstić information content (AvgIpc) is 2.29. The fourth-order valence-corrected chi connectivity index (χ4v) is 2.20. The summed E-state index contributed by atoms with van der Waals surface area (Å²) in [6.07, 6.45) is 5.33. The van der Waals surface area contributed by atoms with E-state index in [1.165, 1.54) is 13.0 Å². The maximum Gasteiger partial charge on any atom is 0.271 e. The van der Waals surface area contributed by atoms with Crippen LogP contribution in [0.1, 0.15) is 12.0 Å². The number of benzene rings is 1. The van der Waals surface area contributed by atoms with Crippen LogP contribution in [0.5, 0.6) is 5.75 Å². The van der Waals surface area contributed by atoms with Gasteiger partial charge in [0.2, 0.25) is 10.0 Å². The highest BCUT2D eigenvalue weighted by Gasteiger charge is 2.22. The summed E-state index contributed by atoms with van der Waals surface area (Å²) in [5, 5.41) is 15.7. The number of rotatable bonds is 5. The fraction of sp³-hybridized carbons (Fsp3) is 0.273.